The fourth-order valence-corrected chi connectivity index (χ4v) is 3.71. The Morgan fingerprint density at radius 3 is 2.47 bits per heavy atom. The third kappa shape index (κ3) is 14.4. The largest absolute Gasteiger partial charge is 0.415 e. The van der Waals surface area contributed by atoms with E-state index in [1.165, 1.54) is 37.4 Å². The van der Waals surface area contributed by atoms with Crippen LogP contribution in [0.3, 0.4) is 0 Å². The summed E-state index contributed by atoms with van der Waals surface area (Å²) in [7, 11) is -0.580. The minimum absolute atomic E-state index is 0.355. The molecule has 0 aromatic rings. The van der Waals surface area contributed by atoms with E-state index in [9.17, 15) is 4.79 Å². The van der Waals surface area contributed by atoms with E-state index < -0.39 is 9.04 Å². The third-order valence-electron chi connectivity index (χ3n) is 2.94. The molecule has 0 amide bonds. The maximum atomic E-state index is 11.6. The highest BCUT2D eigenvalue weighted by Gasteiger charge is 2.07. The molecule has 113 valence electrons. The Morgan fingerprint density at radius 1 is 1.16 bits per heavy atom. The number of thioether (sulfide) groups is 1. The topological polar surface area (TPSA) is 26.3 Å². The minimum Gasteiger partial charge on any atom is -0.415 e. The van der Waals surface area contributed by atoms with Crippen LogP contribution in [-0.2, 0) is 9.22 Å². The van der Waals surface area contributed by atoms with Crippen molar-refractivity contribution in [2.24, 2.45) is 0 Å². The lowest BCUT2D eigenvalue weighted by molar-refractivity contribution is -0.111. The molecular weight excluding hydrogens is 272 g/mol. The van der Waals surface area contributed by atoms with Crippen LogP contribution in [0.5, 0.6) is 0 Å². The number of hydrogen-bond acceptors (Lipinski definition) is 3. The van der Waals surface area contributed by atoms with Crippen LogP contribution < -0.4 is 0 Å². The van der Waals surface area contributed by atoms with Crippen LogP contribution in [0.1, 0.15) is 65.2 Å². The normalized spacial score (nSPS) is 12.9. The van der Waals surface area contributed by atoms with Gasteiger partial charge in [0.15, 0.2) is 5.12 Å². The predicted molar refractivity (Wildman–Crippen MR) is 88.1 cm³/mol. The zero-order valence-electron chi connectivity index (χ0n) is 13.2. The van der Waals surface area contributed by atoms with Crippen molar-refractivity contribution in [2.45, 2.75) is 84.4 Å². The average Bonchev–Trinajstić information content (AvgIpc) is 2.33. The average molecular weight is 304 g/mol. The van der Waals surface area contributed by atoms with Gasteiger partial charge in [-0.25, -0.2) is 0 Å². The molecule has 2 nitrogen and oxygen atoms in total. The van der Waals surface area contributed by atoms with Gasteiger partial charge in [0.25, 0.3) is 0 Å². The van der Waals surface area contributed by atoms with Crippen molar-refractivity contribution in [1.82, 2.24) is 0 Å². The lowest BCUT2D eigenvalue weighted by Gasteiger charge is -2.14. The summed E-state index contributed by atoms with van der Waals surface area (Å²) in [6, 6.07) is 0. The molecular formula is C15H31O2SSi. The van der Waals surface area contributed by atoms with Gasteiger partial charge in [-0.1, -0.05) is 44.4 Å². The molecule has 1 atom stereocenters. The zero-order valence-corrected chi connectivity index (χ0v) is 15.0. The third-order valence-corrected chi connectivity index (χ3v) is 4.83. The van der Waals surface area contributed by atoms with Crippen molar-refractivity contribution in [2.75, 3.05) is 5.75 Å². The quantitative estimate of drug-likeness (QED) is 0.373. The number of unbranched alkanes of at least 4 members (excludes halogenated alkanes) is 4. The molecule has 0 N–H and O–H groups in total. The van der Waals surface area contributed by atoms with Gasteiger partial charge in [-0.2, -0.15) is 0 Å². The zero-order chi connectivity index (χ0) is 14.5. The van der Waals surface area contributed by atoms with E-state index in [1.54, 1.807) is 0 Å². The summed E-state index contributed by atoms with van der Waals surface area (Å²) >= 11 is 1.51. The van der Waals surface area contributed by atoms with Crippen molar-refractivity contribution >= 4 is 25.9 Å². The van der Waals surface area contributed by atoms with Crippen molar-refractivity contribution in [3.8, 4) is 0 Å². The van der Waals surface area contributed by atoms with Crippen LogP contribution in [0.25, 0.3) is 0 Å². The highest BCUT2D eigenvalue weighted by molar-refractivity contribution is 8.13. The summed E-state index contributed by atoms with van der Waals surface area (Å²) in [6.07, 6.45) is 9.41. The molecule has 0 bridgehead atoms. The van der Waals surface area contributed by atoms with Gasteiger partial charge >= 0.3 is 0 Å². The Bertz CT molecular complexity index is 222. The number of carbonyl (C=O) groups excluding carboxylic acids is 1. The highest BCUT2D eigenvalue weighted by Crippen LogP contribution is 2.14. The lowest BCUT2D eigenvalue weighted by Crippen LogP contribution is -2.17. The first kappa shape index (κ1) is 19.2. The van der Waals surface area contributed by atoms with Crippen LogP contribution in [-0.4, -0.2) is 26.0 Å². The molecule has 0 saturated heterocycles. The van der Waals surface area contributed by atoms with Crippen LogP contribution >= 0.6 is 11.8 Å². The maximum Gasteiger partial charge on any atom is 0.205 e. The molecule has 0 spiro atoms. The Kier molecular flexibility index (Phi) is 13.3. The van der Waals surface area contributed by atoms with Crippen molar-refractivity contribution in [1.29, 1.82) is 0 Å². The van der Waals surface area contributed by atoms with Crippen molar-refractivity contribution < 1.29 is 9.22 Å². The Hall–Kier alpha value is 0.197. The Morgan fingerprint density at radius 2 is 1.84 bits per heavy atom. The molecule has 19 heavy (non-hydrogen) atoms. The standard InChI is InChI=1S/C15H31O2SSi/c1-5-6-7-8-9-12-15(16)18-13-10-11-14(2)17-19(3)4/h14H,5-13H2,1-4H3. The van der Waals surface area contributed by atoms with E-state index in [1.807, 2.05) is 0 Å². The predicted octanol–water partition coefficient (Wildman–Crippen LogP) is 5.04. The van der Waals surface area contributed by atoms with Gasteiger partial charge in [0.2, 0.25) is 9.04 Å². The van der Waals surface area contributed by atoms with Crippen LogP contribution in [0.15, 0.2) is 0 Å². The molecule has 0 fully saturated rings. The van der Waals surface area contributed by atoms with E-state index in [2.05, 4.69) is 26.9 Å². The molecule has 0 aliphatic heterocycles. The monoisotopic (exact) mass is 303 g/mol. The van der Waals surface area contributed by atoms with Gasteiger partial charge in [-0.3, -0.25) is 4.79 Å². The van der Waals surface area contributed by atoms with E-state index in [0.717, 1.165) is 31.4 Å². The first-order valence-electron chi connectivity index (χ1n) is 7.68. The number of hydrogen-bond donors (Lipinski definition) is 0. The summed E-state index contributed by atoms with van der Waals surface area (Å²) in [4.78, 5) is 11.6. The van der Waals surface area contributed by atoms with Crippen molar-refractivity contribution in [3.63, 3.8) is 0 Å². The molecule has 4 heteroatoms. The molecule has 0 heterocycles. The fourth-order valence-electron chi connectivity index (χ4n) is 1.96. The SMILES string of the molecule is CCCCCCCC(=O)SCCCC(C)O[Si](C)C. The van der Waals surface area contributed by atoms with E-state index >= 15 is 0 Å². The van der Waals surface area contributed by atoms with Crippen LogP contribution in [0.4, 0.5) is 0 Å². The molecule has 0 rings (SSSR count). The van der Waals surface area contributed by atoms with Crippen molar-refractivity contribution in [3.05, 3.63) is 0 Å². The van der Waals surface area contributed by atoms with Gasteiger partial charge < -0.3 is 4.43 Å². The molecule has 0 aromatic carbocycles. The Balaban J connectivity index is 3.33. The summed E-state index contributed by atoms with van der Waals surface area (Å²) in [5, 5.41) is 0.376. The second kappa shape index (κ2) is 13.2. The van der Waals surface area contributed by atoms with E-state index in [-0.39, 0.29) is 0 Å². The molecule has 0 aliphatic carbocycles. The second-order valence-electron chi connectivity index (χ2n) is 5.36. The van der Waals surface area contributed by atoms with Gasteiger partial charge in [0, 0.05) is 18.3 Å². The molecule has 1 unspecified atom stereocenters. The van der Waals surface area contributed by atoms with Gasteiger partial charge in [-0.15, -0.1) is 0 Å². The van der Waals surface area contributed by atoms with Gasteiger partial charge in [0.1, 0.15) is 0 Å². The summed E-state index contributed by atoms with van der Waals surface area (Å²) in [5.41, 5.74) is 0. The fraction of sp³-hybridized carbons (Fsp3) is 0.933. The van der Waals surface area contributed by atoms with E-state index in [0.29, 0.717) is 11.2 Å². The lowest BCUT2D eigenvalue weighted by atomic mass is 10.1. The molecule has 0 aromatic heterocycles. The van der Waals surface area contributed by atoms with E-state index in [4.69, 9.17) is 4.43 Å². The smallest absolute Gasteiger partial charge is 0.205 e. The molecule has 0 aliphatic rings. The Labute approximate surface area is 125 Å². The van der Waals surface area contributed by atoms with Gasteiger partial charge in [-0.05, 0) is 39.3 Å². The minimum atomic E-state index is -0.580. The molecule has 0 saturated carbocycles. The second-order valence-corrected chi connectivity index (χ2v) is 8.57. The summed E-state index contributed by atoms with van der Waals surface area (Å²) in [5.74, 6) is 0.955. The maximum absolute atomic E-state index is 11.6. The summed E-state index contributed by atoms with van der Waals surface area (Å²) in [6.45, 7) is 8.68. The summed E-state index contributed by atoms with van der Waals surface area (Å²) < 4.78 is 5.77. The van der Waals surface area contributed by atoms with Gasteiger partial charge in [0.05, 0.1) is 0 Å². The first-order valence-corrected chi connectivity index (χ1v) is 11.1. The first-order chi connectivity index (χ1) is 9.06. The highest BCUT2D eigenvalue weighted by atomic mass is 32.2. The van der Waals surface area contributed by atoms with Crippen LogP contribution in [0, 0.1) is 0 Å². The van der Waals surface area contributed by atoms with Crippen LogP contribution in [0.2, 0.25) is 13.1 Å². The number of rotatable bonds is 12. The molecule has 1 radical (unpaired) electrons. The number of carbonyl (C=O) groups is 1.